The van der Waals surface area contributed by atoms with Gasteiger partial charge in [-0.05, 0) is 66.1 Å². The van der Waals surface area contributed by atoms with Gasteiger partial charge in [0.25, 0.3) is 0 Å². The first-order valence-electron chi connectivity index (χ1n) is 10.5. The number of methoxy groups -OCH3 is 3. The predicted octanol–water partition coefficient (Wildman–Crippen LogP) is 3.99. The molecule has 3 aromatic rings. The highest BCUT2D eigenvalue weighted by atomic mass is 32.2. The summed E-state index contributed by atoms with van der Waals surface area (Å²) in [4.78, 5) is 0.162. The maximum atomic E-state index is 13.2. The minimum absolute atomic E-state index is 0.162. The SMILES string of the molecule is COCCOc1ccc(S(=O)(=O)NC(Cc2ccc(OC)cc2)c2ccc(OC)cc2)cc1. The molecule has 0 saturated carbocycles. The van der Waals surface area contributed by atoms with Crippen molar-refractivity contribution in [2.75, 3.05) is 34.5 Å². The molecular weight excluding hydrogens is 442 g/mol. The number of hydrogen-bond acceptors (Lipinski definition) is 6. The van der Waals surface area contributed by atoms with E-state index in [9.17, 15) is 8.42 Å². The van der Waals surface area contributed by atoms with Gasteiger partial charge in [-0.3, -0.25) is 0 Å². The van der Waals surface area contributed by atoms with Gasteiger partial charge in [0.2, 0.25) is 10.0 Å². The molecule has 7 nitrogen and oxygen atoms in total. The number of hydrogen-bond donors (Lipinski definition) is 1. The van der Waals surface area contributed by atoms with E-state index >= 15 is 0 Å². The number of ether oxygens (including phenoxy) is 4. The van der Waals surface area contributed by atoms with Crippen LogP contribution in [0.15, 0.2) is 77.7 Å². The standard InChI is InChI=1S/C25H29NO6S/c1-29-16-17-32-23-12-14-24(15-13-23)33(27,28)26-25(20-6-10-22(31-3)11-7-20)18-19-4-8-21(30-2)9-5-19/h4-15,25-26H,16-18H2,1-3H3. The summed E-state index contributed by atoms with van der Waals surface area (Å²) in [5.74, 6) is 2.03. The van der Waals surface area contributed by atoms with Crippen LogP contribution in [0.25, 0.3) is 0 Å². The highest BCUT2D eigenvalue weighted by molar-refractivity contribution is 7.89. The fourth-order valence-corrected chi connectivity index (χ4v) is 4.50. The summed E-state index contributed by atoms with van der Waals surface area (Å²) in [6, 6.07) is 20.8. The fourth-order valence-electron chi connectivity index (χ4n) is 3.27. The lowest BCUT2D eigenvalue weighted by molar-refractivity contribution is 0.146. The van der Waals surface area contributed by atoms with Crippen molar-refractivity contribution in [3.63, 3.8) is 0 Å². The van der Waals surface area contributed by atoms with Crippen LogP contribution in [0.2, 0.25) is 0 Å². The second-order valence-electron chi connectivity index (χ2n) is 7.31. The first-order valence-corrected chi connectivity index (χ1v) is 11.9. The second-order valence-corrected chi connectivity index (χ2v) is 9.03. The first kappa shape index (κ1) is 24.6. The van der Waals surface area contributed by atoms with E-state index in [1.54, 1.807) is 33.5 Å². The average Bonchev–Trinajstić information content (AvgIpc) is 2.84. The Morgan fingerprint density at radius 2 is 1.27 bits per heavy atom. The number of sulfonamides is 1. The van der Waals surface area contributed by atoms with Gasteiger partial charge in [-0.1, -0.05) is 24.3 Å². The van der Waals surface area contributed by atoms with Crippen LogP contribution in [0.5, 0.6) is 17.2 Å². The zero-order valence-electron chi connectivity index (χ0n) is 19.0. The maximum absolute atomic E-state index is 13.2. The Morgan fingerprint density at radius 1 is 0.727 bits per heavy atom. The Bertz CT molecular complexity index is 1100. The van der Waals surface area contributed by atoms with Crippen LogP contribution in [-0.2, 0) is 21.2 Å². The summed E-state index contributed by atoms with van der Waals surface area (Å²) in [6.45, 7) is 0.846. The van der Waals surface area contributed by atoms with Crippen LogP contribution in [0.4, 0.5) is 0 Å². The summed E-state index contributed by atoms with van der Waals surface area (Å²) in [7, 11) is 1.01. The van der Waals surface area contributed by atoms with E-state index in [0.717, 1.165) is 16.9 Å². The normalized spacial score (nSPS) is 12.2. The summed E-state index contributed by atoms with van der Waals surface area (Å²) < 4.78 is 50.2. The number of rotatable bonds is 12. The molecule has 0 aliphatic carbocycles. The minimum atomic E-state index is -3.78. The van der Waals surface area contributed by atoms with Crippen molar-refractivity contribution in [3.8, 4) is 17.2 Å². The third-order valence-corrected chi connectivity index (χ3v) is 6.59. The van der Waals surface area contributed by atoms with E-state index in [0.29, 0.717) is 31.1 Å². The molecule has 0 saturated heterocycles. The monoisotopic (exact) mass is 471 g/mol. The fraction of sp³-hybridized carbons (Fsp3) is 0.280. The Kier molecular flexibility index (Phi) is 8.71. The van der Waals surface area contributed by atoms with Crippen LogP contribution < -0.4 is 18.9 Å². The molecule has 1 unspecified atom stereocenters. The van der Waals surface area contributed by atoms with E-state index < -0.39 is 16.1 Å². The average molecular weight is 472 g/mol. The van der Waals surface area contributed by atoms with Crippen molar-refractivity contribution in [1.82, 2.24) is 4.72 Å². The van der Waals surface area contributed by atoms with Crippen LogP contribution in [0.3, 0.4) is 0 Å². The summed E-state index contributed by atoms with van der Waals surface area (Å²) in [6.07, 6.45) is 0.466. The summed E-state index contributed by atoms with van der Waals surface area (Å²) in [5.41, 5.74) is 1.80. The lowest BCUT2D eigenvalue weighted by Crippen LogP contribution is -2.30. The molecular formula is C25H29NO6S. The van der Waals surface area contributed by atoms with Crippen molar-refractivity contribution >= 4 is 10.0 Å². The molecule has 33 heavy (non-hydrogen) atoms. The highest BCUT2D eigenvalue weighted by Crippen LogP contribution is 2.25. The van der Waals surface area contributed by atoms with E-state index in [1.165, 1.54) is 12.1 Å². The van der Waals surface area contributed by atoms with Crippen LogP contribution in [-0.4, -0.2) is 43.0 Å². The molecule has 0 radical (unpaired) electrons. The van der Waals surface area contributed by atoms with Crippen molar-refractivity contribution in [2.24, 2.45) is 0 Å². The molecule has 1 atom stereocenters. The lowest BCUT2D eigenvalue weighted by Gasteiger charge is -2.20. The molecule has 8 heteroatoms. The van der Waals surface area contributed by atoms with E-state index in [2.05, 4.69) is 4.72 Å². The van der Waals surface area contributed by atoms with Crippen molar-refractivity contribution < 1.29 is 27.4 Å². The smallest absolute Gasteiger partial charge is 0.241 e. The summed E-state index contributed by atoms with van der Waals surface area (Å²) >= 11 is 0. The van der Waals surface area contributed by atoms with Crippen LogP contribution >= 0.6 is 0 Å². The van der Waals surface area contributed by atoms with Crippen LogP contribution in [0, 0.1) is 0 Å². The van der Waals surface area contributed by atoms with Gasteiger partial charge < -0.3 is 18.9 Å². The van der Waals surface area contributed by atoms with Gasteiger partial charge in [0, 0.05) is 7.11 Å². The van der Waals surface area contributed by atoms with Crippen molar-refractivity contribution in [3.05, 3.63) is 83.9 Å². The molecule has 0 amide bonds. The van der Waals surface area contributed by atoms with Gasteiger partial charge in [-0.25, -0.2) is 13.1 Å². The molecule has 0 aliphatic rings. The minimum Gasteiger partial charge on any atom is -0.497 e. The van der Waals surface area contributed by atoms with Crippen molar-refractivity contribution in [2.45, 2.75) is 17.4 Å². The Morgan fingerprint density at radius 3 is 1.82 bits per heavy atom. The maximum Gasteiger partial charge on any atom is 0.241 e. The molecule has 0 heterocycles. The van der Waals surface area contributed by atoms with Gasteiger partial charge in [0.1, 0.15) is 23.9 Å². The molecule has 3 rings (SSSR count). The van der Waals surface area contributed by atoms with Crippen molar-refractivity contribution in [1.29, 1.82) is 0 Å². The Hall–Kier alpha value is -3.07. The molecule has 3 aromatic carbocycles. The summed E-state index contributed by atoms with van der Waals surface area (Å²) in [5, 5.41) is 0. The predicted molar refractivity (Wildman–Crippen MR) is 127 cm³/mol. The van der Waals surface area contributed by atoms with Gasteiger partial charge in [-0.15, -0.1) is 0 Å². The molecule has 0 spiro atoms. The van der Waals surface area contributed by atoms with Gasteiger partial charge in [0.05, 0.1) is 31.8 Å². The Balaban J connectivity index is 1.82. The van der Waals surface area contributed by atoms with E-state index in [-0.39, 0.29) is 4.90 Å². The molecule has 176 valence electrons. The molecule has 0 fully saturated rings. The Labute approximate surface area is 195 Å². The zero-order valence-corrected chi connectivity index (χ0v) is 19.8. The van der Waals surface area contributed by atoms with Gasteiger partial charge in [0.15, 0.2) is 0 Å². The first-order chi connectivity index (χ1) is 15.9. The third kappa shape index (κ3) is 6.95. The molecule has 0 bridgehead atoms. The lowest BCUT2D eigenvalue weighted by atomic mass is 9.99. The molecule has 0 aromatic heterocycles. The molecule has 1 N–H and O–H groups in total. The van der Waals surface area contributed by atoms with E-state index in [1.807, 2.05) is 48.5 Å². The largest absolute Gasteiger partial charge is 0.497 e. The van der Waals surface area contributed by atoms with Gasteiger partial charge >= 0.3 is 0 Å². The topological polar surface area (TPSA) is 83.1 Å². The highest BCUT2D eigenvalue weighted by Gasteiger charge is 2.22. The van der Waals surface area contributed by atoms with Crippen LogP contribution in [0.1, 0.15) is 17.2 Å². The second kappa shape index (κ2) is 11.7. The third-order valence-electron chi connectivity index (χ3n) is 5.10. The van der Waals surface area contributed by atoms with Gasteiger partial charge in [-0.2, -0.15) is 0 Å². The number of nitrogens with one attached hydrogen (secondary N) is 1. The van der Waals surface area contributed by atoms with E-state index in [4.69, 9.17) is 18.9 Å². The quantitative estimate of drug-likeness (QED) is 0.402. The molecule has 0 aliphatic heterocycles. The number of benzene rings is 3. The zero-order chi connectivity index (χ0) is 23.7.